The van der Waals surface area contributed by atoms with Gasteiger partial charge in [-0.25, -0.2) is 4.79 Å². The lowest BCUT2D eigenvalue weighted by Gasteiger charge is -2.16. The molecule has 2 unspecified atom stereocenters. The second-order valence-electron chi connectivity index (χ2n) is 4.97. The molecule has 3 rings (SSSR count). The van der Waals surface area contributed by atoms with E-state index in [0.29, 0.717) is 23.9 Å². The van der Waals surface area contributed by atoms with Crippen molar-refractivity contribution in [2.24, 2.45) is 11.1 Å². The third-order valence-corrected chi connectivity index (χ3v) is 3.64. The van der Waals surface area contributed by atoms with Crippen molar-refractivity contribution in [1.82, 2.24) is 0 Å². The minimum Gasteiger partial charge on any atom is -0.493 e. The molecule has 7 heteroatoms. The van der Waals surface area contributed by atoms with Crippen molar-refractivity contribution in [3.8, 4) is 17.2 Å². The molecule has 0 aromatic heterocycles. The van der Waals surface area contributed by atoms with Crippen molar-refractivity contribution in [2.45, 2.75) is 20.0 Å². The zero-order valence-corrected chi connectivity index (χ0v) is 12.6. The molecule has 2 heterocycles. The summed E-state index contributed by atoms with van der Waals surface area (Å²) in [4.78, 5) is 17.3. The third-order valence-electron chi connectivity index (χ3n) is 3.64. The minimum atomic E-state index is -0.454. The minimum absolute atomic E-state index is 0.154. The first kappa shape index (κ1) is 14.5. The SMILES string of the molecule is CCOC(=O)C1=NOC(c2cc(OC)c3c(c2)OCO3)C1C. The molecule has 2 aliphatic heterocycles. The summed E-state index contributed by atoms with van der Waals surface area (Å²) in [6, 6.07) is 3.62. The number of oxime groups is 1. The van der Waals surface area contributed by atoms with E-state index in [9.17, 15) is 4.79 Å². The molecule has 1 aromatic carbocycles. The number of carbonyl (C=O) groups excluding carboxylic acids is 1. The van der Waals surface area contributed by atoms with Gasteiger partial charge in [-0.3, -0.25) is 0 Å². The van der Waals surface area contributed by atoms with Gasteiger partial charge in [-0.2, -0.15) is 0 Å². The van der Waals surface area contributed by atoms with Crippen LogP contribution >= 0.6 is 0 Å². The largest absolute Gasteiger partial charge is 0.493 e. The number of esters is 1. The highest BCUT2D eigenvalue weighted by Crippen LogP contribution is 2.45. The quantitative estimate of drug-likeness (QED) is 0.792. The first-order valence-corrected chi connectivity index (χ1v) is 7.04. The maximum Gasteiger partial charge on any atom is 0.356 e. The first-order chi connectivity index (χ1) is 10.7. The Morgan fingerprint density at radius 2 is 2.23 bits per heavy atom. The Balaban J connectivity index is 1.86. The van der Waals surface area contributed by atoms with Crippen LogP contribution in [-0.4, -0.2) is 32.2 Å². The lowest BCUT2D eigenvalue weighted by Crippen LogP contribution is -2.24. The van der Waals surface area contributed by atoms with E-state index >= 15 is 0 Å². The molecule has 2 atom stereocenters. The van der Waals surface area contributed by atoms with Gasteiger partial charge < -0.3 is 23.8 Å². The smallest absolute Gasteiger partial charge is 0.356 e. The average Bonchev–Trinajstić information content (AvgIpc) is 3.12. The summed E-state index contributed by atoms with van der Waals surface area (Å²) >= 11 is 0. The monoisotopic (exact) mass is 307 g/mol. The Bertz CT molecular complexity index is 627. The zero-order chi connectivity index (χ0) is 15.7. The number of nitrogens with zero attached hydrogens (tertiary/aromatic N) is 1. The van der Waals surface area contributed by atoms with Crippen LogP contribution in [0.1, 0.15) is 25.5 Å². The van der Waals surface area contributed by atoms with E-state index in [4.69, 9.17) is 23.8 Å². The molecule has 2 aliphatic rings. The molecule has 0 amide bonds. The highest BCUT2D eigenvalue weighted by Gasteiger charge is 2.38. The summed E-state index contributed by atoms with van der Waals surface area (Å²) in [5, 5.41) is 3.87. The van der Waals surface area contributed by atoms with Crippen molar-refractivity contribution >= 4 is 11.7 Å². The van der Waals surface area contributed by atoms with Gasteiger partial charge in [-0.15, -0.1) is 0 Å². The fourth-order valence-corrected chi connectivity index (χ4v) is 2.52. The Hall–Kier alpha value is -2.44. The van der Waals surface area contributed by atoms with E-state index in [0.717, 1.165) is 5.56 Å². The van der Waals surface area contributed by atoms with Crippen molar-refractivity contribution in [3.05, 3.63) is 17.7 Å². The molecular weight excluding hydrogens is 290 g/mol. The summed E-state index contributed by atoms with van der Waals surface area (Å²) in [6.45, 7) is 4.07. The van der Waals surface area contributed by atoms with Crippen molar-refractivity contribution in [3.63, 3.8) is 0 Å². The topological polar surface area (TPSA) is 75.6 Å². The van der Waals surface area contributed by atoms with Gasteiger partial charge in [-0.1, -0.05) is 12.1 Å². The van der Waals surface area contributed by atoms with Crippen LogP contribution in [0, 0.1) is 5.92 Å². The van der Waals surface area contributed by atoms with E-state index in [-0.39, 0.29) is 18.4 Å². The average molecular weight is 307 g/mol. The van der Waals surface area contributed by atoms with Gasteiger partial charge >= 0.3 is 5.97 Å². The Morgan fingerprint density at radius 1 is 1.41 bits per heavy atom. The molecule has 1 aromatic rings. The molecule has 0 N–H and O–H groups in total. The maximum atomic E-state index is 11.8. The van der Waals surface area contributed by atoms with E-state index in [1.54, 1.807) is 20.1 Å². The second kappa shape index (κ2) is 5.75. The maximum absolute atomic E-state index is 11.8. The van der Waals surface area contributed by atoms with Crippen LogP contribution in [0.4, 0.5) is 0 Å². The van der Waals surface area contributed by atoms with Gasteiger partial charge in [-0.05, 0) is 19.1 Å². The van der Waals surface area contributed by atoms with Gasteiger partial charge in [0, 0.05) is 5.56 Å². The molecule has 0 fully saturated rings. The normalized spacial score (nSPS) is 22.0. The van der Waals surface area contributed by atoms with Crippen LogP contribution in [0.3, 0.4) is 0 Å². The summed E-state index contributed by atoms with van der Waals surface area (Å²) in [5.41, 5.74) is 1.08. The Kier molecular flexibility index (Phi) is 3.79. The van der Waals surface area contributed by atoms with Gasteiger partial charge in [0.2, 0.25) is 12.5 Å². The summed E-state index contributed by atoms with van der Waals surface area (Å²) in [7, 11) is 1.56. The fourth-order valence-electron chi connectivity index (χ4n) is 2.52. The molecule has 118 valence electrons. The van der Waals surface area contributed by atoms with Crippen LogP contribution < -0.4 is 14.2 Å². The van der Waals surface area contributed by atoms with Gasteiger partial charge in [0.25, 0.3) is 0 Å². The van der Waals surface area contributed by atoms with E-state index in [1.807, 2.05) is 13.0 Å². The van der Waals surface area contributed by atoms with Crippen LogP contribution in [-0.2, 0) is 14.4 Å². The molecule has 0 saturated carbocycles. The standard InChI is InChI=1S/C15H17NO6/c1-4-19-15(17)12-8(2)13(22-16-12)9-5-10(18-3)14-11(6-9)20-7-21-14/h5-6,8,13H,4,7H2,1-3H3. The lowest BCUT2D eigenvalue weighted by atomic mass is 9.93. The molecule has 0 spiro atoms. The third kappa shape index (κ3) is 2.32. The molecule has 7 nitrogen and oxygen atoms in total. The van der Waals surface area contributed by atoms with Crippen LogP contribution in [0.5, 0.6) is 17.2 Å². The van der Waals surface area contributed by atoms with E-state index < -0.39 is 12.1 Å². The number of ether oxygens (including phenoxy) is 4. The number of hydrogen-bond donors (Lipinski definition) is 0. The summed E-state index contributed by atoms with van der Waals surface area (Å²) < 4.78 is 21.1. The Labute approximate surface area is 127 Å². The Morgan fingerprint density at radius 3 is 2.95 bits per heavy atom. The highest BCUT2D eigenvalue weighted by molar-refractivity contribution is 6.37. The van der Waals surface area contributed by atoms with Crippen molar-refractivity contribution < 1.29 is 28.6 Å². The van der Waals surface area contributed by atoms with Crippen molar-refractivity contribution in [1.29, 1.82) is 0 Å². The van der Waals surface area contributed by atoms with Crippen LogP contribution in [0.15, 0.2) is 17.3 Å². The summed E-state index contributed by atoms with van der Waals surface area (Å²) in [6.07, 6.45) is -0.400. The predicted octanol–water partition coefficient (Wildman–Crippen LogP) is 2.05. The second-order valence-corrected chi connectivity index (χ2v) is 4.97. The number of fused-ring (bicyclic) bond motifs is 1. The van der Waals surface area contributed by atoms with Gasteiger partial charge in [0.05, 0.1) is 19.6 Å². The molecular formula is C15H17NO6. The number of methoxy groups -OCH3 is 1. The first-order valence-electron chi connectivity index (χ1n) is 7.04. The molecule has 0 radical (unpaired) electrons. The van der Waals surface area contributed by atoms with Gasteiger partial charge in [0.1, 0.15) is 0 Å². The fraction of sp³-hybridized carbons (Fsp3) is 0.467. The molecule has 0 bridgehead atoms. The molecule has 0 aliphatic carbocycles. The lowest BCUT2D eigenvalue weighted by molar-refractivity contribution is -0.135. The predicted molar refractivity (Wildman–Crippen MR) is 76.2 cm³/mol. The number of benzene rings is 1. The molecule has 0 saturated heterocycles. The van der Waals surface area contributed by atoms with Crippen LogP contribution in [0.2, 0.25) is 0 Å². The zero-order valence-electron chi connectivity index (χ0n) is 12.6. The van der Waals surface area contributed by atoms with E-state index in [2.05, 4.69) is 5.16 Å². The molecule has 22 heavy (non-hydrogen) atoms. The van der Waals surface area contributed by atoms with Gasteiger partial charge in [0.15, 0.2) is 23.3 Å². The number of carbonyl (C=O) groups is 1. The van der Waals surface area contributed by atoms with Crippen molar-refractivity contribution in [2.75, 3.05) is 20.5 Å². The van der Waals surface area contributed by atoms with Crippen LogP contribution in [0.25, 0.3) is 0 Å². The number of hydrogen-bond acceptors (Lipinski definition) is 7. The van der Waals surface area contributed by atoms with E-state index in [1.165, 1.54) is 0 Å². The highest BCUT2D eigenvalue weighted by atomic mass is 16.7. The summed E-state index contributed by atoms with van der Waals surface area (Å²) in [5.74, 6) is 1.04. The number of rotatable bonds is 4.